The topological polar surface area (TPSA) is 112 Å². The molecule has 0 radical (unpaired) electrons. The van der Waals surface area contributed by atoms with Crippen molar-refractivity contribution in [1.82, 2.24) is 10.3 Å². The van der Waals surface area contributed by atoms with Crippen LogP contribution in [0.5, 0.6) is 0 Å². The fourth-order valence-electron chi connectivity index (χ4n) is 2.07. The summed E-state index contributed by atoms with van der Waals surface area (Å²) in [6.07, 6.45) is 0.759. The number of hydrogen-bond donors (Lipinski definition) is 3. The van der Waals surface area contributed by atoms with Crippen molar-refractivity contribution in [3.05, 3.63) is 32.7 Å². The molecular formula is C15H23ClN4O2. The molecule has 0 saturated heterocycles. The summed E-state index contributed by atoms with van der Waals surface area (Å²) in [5, 5.41) is 11.8. The lowest BCUT2D eigenvalue weighted by molar-refractivity contribution is -0.121. The molecule has 0 unspecified atom stereocenters. The molecule has 1 rings (SSSR count). The van der Waals surface area contributed by atoms with Crippen LogP contribution in [0.15, 0.2) is 4.79 Å². The second-order valence-corrected chi connectivity index (χ2v) is 5.93. The maximum atomic E-state index is 11.8. The summed E-state index contributed by atoms with van der Waals surface area (Å²) >= 11 is 0. The number of nitriles is 1. The van der Waals surface area contributed by atoms with E-state index in [2.05, 4.69) is 10.3 Å². The second-order valence-electron chi connectivity index (χ2n) is 5.93. The molecule has 0 aromatic carbocycles. The molecule has 1 amide bonds. The zero-order valence-electron chi connectivity index (χ0n) is 13.4. The highest BCUT2D eigenvalue weighted by Crippen LogP contribution is 2.14. The number of rotatable bonds is 5. The van der Waals surface area contributed by atoms with Crippen molar-refractivity contribution in [1.29, 1.82) is 5.26 Å². The van der Waals surface area contributed by atoms with Gasteiger partial charge < -0.3 is 16.0 Å². The molecule has 1 aromatic rings. The standard InChI is InChI=1S/C15H22N4O2.ClH/c1-9-11(10(2)19-14(21)12(9)7-16)5-6-13(20)18-8-15(3,4)17;/h5-6,8,17H2,1-4H3,(H,18,20)(H,19,21);1H. The molecule has 1 aromatic heterocycles. The van der Waals surface area contributed by atoms with Crippen LogP contribution < -0.4 is 16.6 Å². The third kappa shape index (κ3) is 5.51. The Morgan fingerprint density at radius 2 is 2.00 bits per heavy atom. The Morgan fingerprint density at radius 3 is 2.50 bits per heavy atom. The van der Waals surface area contributed by atoms with Gasteiger partial charge in [0.05, 0.1) is 0 Å². The van der Waals surface area contributed by atoms with E-state index < -0.39 is 5.54 Å². The van der Waals surface area contributed by atoms with Crippen LogP contribution in [0.25, 0.3) is 0 Å². The van der Waals surface area contributed by atoms with Gasteiger partial charge in [0.2, 0.25) is 5.91 Å². The van der Waals surface area contributed by atoms with Crippen molar-refractivity contribution in [3.8, 4) is 6.07 Å². The number of amides is 1. The smallest absolute Gasteiger partial charge is 0.266 e. The van der Waals surface area contributed by atoms with Crippen LogP contribution in [0.2, 0.25) is 0 Å². The minimum atomic E-state index is -0.451. The molecule has 122 valence electrons. The summed E-state index contributed by atoms with van der Waals surface area (Å²) in [6.45, 7) is 7.58. The van der Waals surface area contributed by atoms with Gasteiger partial charge in [-0.3, -0.25) is 9.59 Å². The predicted octanol–water partition coefficient (Wildman–Crippen LogP) is 1.07. The van der Waals surface area contributed by atoms with Crippen LogP contribution in [0.3, 0.4) is 0 Å². The number of nitrogens with zero attached hydrogens (tertiary/aromatic N) is 1. The van der Waals surface area contributed by atoms with E-state index >= 15 is 0 Å². The molecule has 0 bridgehead atoms. The number of halogens is 1. The minimum absolute atomic E-state index is 0. The van der Waals surface area contributed by atoms with Crippen molar-refractivity contribution in [2.75, 3.05) is 6.54 Å². The lowest BCUT2D eigenvalue weighted by Crippen LogP contribution is -2.45. The van der Waals surface area contributed by atoms with E-state index in [4.69, 9.17) is 11.0 Å². The summed E-state index contributed by atoms with van der Waals surface area (Å²) in [7, 11) is 0. The normalized spacial score (nSPS) is 10.5. The van der Waals surface area contributed by atoms with Gasteiger partial charge >= 0.3 is 0 Å². The Kier molecular flexibility index (Phi) is 7.30. The van der Waals surface area contributed by atoms with Crippen LogP contribution in [0, 0.1) is 25.2 Å². The van der Waals surface area contributed by atoms with Crippen LogP contribution in [0.4, 0.5) is 0 Å². The fourth-order valence-corrected chi connectivity index (χ4v) is 2.07. The van der Waals surface area contributed by atoms with E-state index in [0.717, 1.165) is 5.56 Å². The predicted molar refractivity (Wildman–Crippen MR) is 88.1 cm³/mol. The van der Waals surface area contributed by atoms with Crippen LogP contribution in [-0.2, 0) is 11.2 Å². The van der Waals surface area contributed by atoms with Crippen molar-refractivity contribution >= 4 is 18.3 Å². The van der Waals surface area contributed by atoms with Gasteiger partial charge in [0.15, 0.2) is 0 Å². The van der Waals surface area contributed by atoms with E-state index in [1.165, 1.54) is 0 Å². The van der Waals surface area contributed by atoms with Crippen molar-refractivity contribution < 1.29 is 4.79 Å². The fraction of sp³-hybridized carbons (Fsp3) is 0.533. The molecule has 6 nitrogen and oxygen atoms in total. The van der Waals surface area contributed by atoms with E-state index in [1.54, 1.807) is 13.8 Å². The monoisotopic (exact) mass is 326 g/mol. The van der Waals surface area contributed by atoms with Crippen molar-refractivity contribution in [3.63, 3.8) is 0 Å². The Balaban J connectivity index is 0.00000441. The zero-order chi connectivity index (χ0) is 16.2. The summed E-state index contributed by atoms with van der Waals surface area (Å²) in [6, 6.07) is 1.90. The average Bonchev–Trinajstić information content (AvgIpc) is 2.35. The zero-order valence-corrected chi connectivity index (χ0v) is 14.2. The number of carbonyl (C=O) groups excluding carboxylic acids is 1. The lowest BCUT2D eigenvalue weighted by Gasteiger charge is -2.19. The first-order valence-electron chi connectivity index (χ1n) is 6.83. The molecule has 4 N–H and O–H groups in total. The molecule has 0 saturated carbocycles. The Hall–Kier alpha value is -1.84. The highest BCUT2D eigenvalue weighted by molar-refractivity contribution is 5.85. The summed E-state index contributed by atoms with van der Waals surface area (Å²) < 4.78 is 0. The molecular weight excluding hydrogens is 304 g/mol. The number of pyridine rings is 1. The number of aromatic amines is 1. The first-order valence-corrected chi connectivity index (χ1v) is 6.83. The van der Waals surface area contributed by atoms with Gasteiger partial charge in [0.25, 0.3) is 5.56 Å². The summed E-state index contributed by atoms with van der Waals surface area (Å²) in [4.78, 5) is 26.1. The van der Waals surface area contributed by atoms with Gasteiger partial charge in [-0.15, -0.1) is 12.4 Å². The van der Waals surface area contributed by atoms with Crippen molar-refractivity contribution in [2.24, 2.45) is 5.73 Å². The average molecular weight is 327 g/mol. The molecule has 7 heteroatoms. The van der Waals surface area contributed by atoms with Gasteiger partial charge in [-0.05, 0) is 45.2 Å². The molecule has 22 heavy (non-hydrogen) atoms. The molecule has 0 aliphatic heterocycles. The number of H-pyrrole nitrogens is 1. The third-order valence-electron chi connectivity index (χ3n) is 3.26. The molecule has 0 aliphatic rings. The molecule has 0 aliphatic carbocycles. The number of nitrogens with one attached hydrogen (secondary N) is 2. The van der Waals surface area contributed by atoms with Gasteiger partial charge in [-0.2, -0.15) is 5.26 Å². The van der Waals surface area contributed by atoms with Crippen LogP contribution >= 0.6 is 12.4 Å². The second kappa shape index (κ2) is 7.97. The lowest BCUT2D eigenvalue weighted by atomic mass is 9.99. The number of aryl methyl sites for hydroxylation is 1. The third-order valence-corrected chi connectivity index (χ3v) is 3.26. The first-order chi connectivity index (χ1) is 9.65. The van der Waals surface area contributed by atoms with Gasteiger partial charge in [-0.1, -0.05) is 0 Å². The number of hydrogen-bond acceptors (Lipinski definition) is 4. The van der Waals surface area contributed by atoms with Crippen LogP contribution in [-0.4, -0.2) is 23.0 Å². The van der Waals surface area contributed by atoms with E-state index in [1.807, 2.05) is 19.9 Å². The Morgan fingerprint density at radius 1 is 1.41 bits per heavy atom. The maximum Gasteiger partial charge on any atom is 0.266 e. The molecule has 0 atom stereocenters. The molecule has 0 spiro atoms. The Bertz CT molecular complexity index is 639. The van der Waals surface area contributed by atoms with Gasteiger partial charge in [0.1, 0.15) is 11.6 Å². The molecule has 1 heterocycles. The summed E-state index contributed by atoms with van der Waals surface area (Å²) in [5.74, 6) is -0.1000. The van der Waals surface area contributed by atoms with Crippen molar-refractivity contribution in [2.45, 2.75) is 46.1 Å². The Labute approximate surface area is 136 Å². The highest BCUT2D eigenvalue weighted by Gasteiger charge is 2.15. The van der Waals surface area contributed by atoms with Gasteiger partial charge in [-0.25, -0.2) is 0 Å². The largest absolute Gasteiger partial charge is 0.354 e. The van der Waals surface area contributed by atoms with Gasteiger partial charge in [0, 0.05) is 24.2 Å². The quantitative estimate of drug-likeness (QED) is 0.751. The minimum Gasteiger partial charge on any atom is -0.354 e. The van der Waals surface area contributed by atoms with E-state index in [9.17, 15) is 9.59 Å². The number of aromatic nitrogens is 1. The first kappa shape index (κ1) is 20.2. The SMILES string of the molecule is Cc1[nH]c(=O)c(C#N)c(C)c1CCC(=O)NCC(C)(C)N.Cl. The van der Waals surface area contributed by atoms with Crippen LogP contribution in [0.1, 0.15) is 42.7 Å². The number of carbonyl (C=O) groups is 1. The number of nitrogens with two attached hydrogens (primary N) is 1. The van der Waals surface area contributed by atoms with E-state index in [-0.39, 0.29) is 35.9 Å². The maximum absolute atomic E-state index is 11.8. The highest BCUT2D eigenvalue weighted by atomic mass is 35.5. The summed E-state index contributed by atoms with van der Waals surface area (Å²) in [5.41, 5.74) is 7.26. The van der Waals surface area contributed by atoms with E-state index in [0.29, 0.717) is 24.2 Å². The molecule has 0 fully saturated rings.